The average molecular weight is 340 g/mol. The van der Waals surface area contributed by atoms with Gasteiger partial charge in [-0.3, -0.25) is 4.79 Å². The van der Waals surface area contributed by atoms with E-state index in [1.807, 2.05) is 37.3 Å². The third-order valence-corrected chi connectivity index (χ3v) is 4.29. The van der Waals surface area contributed by atoms with E-state index in [0.717, 1.165) is 30.6 Å². The molecule has 0 aliphatic carbocycles. The summed E-state index contributed by atoms with van der Waals surface area (Å²) in [5.41, 5.74) is 8.91. The van der Waals surface area contributed by atoms with Crippen molar-refractivity contribution in [3.8, 4) is 5.75 Å². The number of hydrogen-bond acceptors (Lipinski definition) is 4. The predicted octanol–water partition coefficient (Wildman–Crippen LogP) is 3.26. The van der Waals surface area contributed by atoms with Crippen molar-refractivity contribution in [2.24, 2.45) is 5.73 Å². The summed E-state index contributed by atoms with van der Waals surface area (Å²) in [6.07, 6.45) is 2.22. The maximum atomic E-state index is 12.5. The second kappa shape index (κ2) is 8.14. The Balaban J connectivity index is 1.70. The molecule has 1 unspecified atom stereocenters. The number of amides is 1. The van der Waals surface area contributed by atoms with Gasteiger partial charge in [-0.25, -0.2) is 0 Å². The zero-order chi connectivity index (χ0) is 17.6. The molecule has 25 heavy (non-hydrogen) atoms. The Morgan fingerprint density at radius 1 is 1.28 bits per heavy atom. The standard InChI is InChI=1S/C20H24N2O3/c1-14-4-9-18(19(11-14)25-13-17-3-2-10-24-17)22-20(23)16-7-5-15(12-21)6-8-16/h4-9,11,17H,2-3,10,12-13,21H2,1H3,(H,22,23). The largest absolute Gasteiger partial charge is 0.489 e. The lowest BCUT2D eigenvalue weighted by molar-refractivity contribution is 0.0681. The van der Waals surface area contributed by atoms with E-state index in [9.17, 15) is 4.79 Å². The van der Waals surface area contributed by atoms with Crippen LogP contribution in [-0.4, -0.2) is 25.2 Å². The van der Waals surface area contributed by atoms with Gasteiger partial charge in [-0.05, 0) is 55.2 Å². The molecule has 1 amide bonds. The molecule has 2 aromatic carbocycles. The number of aryl methyl sites for hydroxylation is 1. The summed E-state index contributed by atoms with van der Waals surface area (Å²) in [4.78, 5) is 12.5. The summed E-state index contributed by atoms with van der Waals surface area (Å²) in [5, 5.41) is 2.93. The molecular formula is C20H24N2O3. The predicted molar refractivity (Wildman–Crippen MR) is 97.9 cm³/mol. The quantitative estimate of drug-likeness (QED) is 0.846. The van der Waals surface area contributed by atoms with Crippen molar-refractivity contribution in [1.29, 1.82) is 0 Å². The molecule has 0 saturated carbocycles. The maximum absolute atomic E-state index is 12.5. The minimum atomic E-state index is -0.172. The van der Waals surface area contributed by atoms with Gasteiger partial charge in [-0.2, -0.15) is 0 Å². The highest BCUT2D eigenvalue weighted by atomic mass is 16.5. The zero-order valence-electron chi connectivity index (χ0n) is 14.5. The Morgan fingerprint density at radius 3 is 2.76 bits per heavy atom. The van der Waals surface area contributed by atoms with Gasteiger partial charge in [0.15, 0.2) is 0 Å². The molecular weight excluding hydrogens is 316 g/mol. The first-order valence-electron chi connectivity index (χ1n) is 8.61. The lowest BCUT2D eigenvalue weighted by atomic mass is 10.1. The zero-order valence-corrected chi connectivity index (χ0v) is 14.5. The number of nitrogens with two attached hydrogens (primary N) is 1. The molecule has 0 spiro atoms. The Labute approximate surface area is 148 Å². The molecule has 1 fully saturated rings. The van der Waals surface area contributed by atoms with Gasteiger partial charge in [-0.15, -0.1) is 0 Å². The normalized spacial score (nSPS) is 16.6. The molecule has 5 nitrogen and oxygen atoms in total. The fourth-order valence-corrected chi connectivity index (χ4v) is 2.80. The lowest BCUT2D eigenvalue weighted by Gasteiger charge is -2.16. The number of anilines is 1. The van der Waals surface area contributed by atoms with Gasteiger partial charge in [0.1, 0.15) is 12.4 Å². The van der Waals surface area contributed by atoms with Gasteiger partial charge in [0, 0.05) is 18.7 Å². The smallest absolute Gasteiger partial charge is 0.255 e. The maximum Gasteiger partial charge on any atom is 0.255 e. The summed E-state index contributed by atoms with van der Waals surface area (Å²) >= 11 is 0. The molecule has 1 saturated heterocycles. The van der Waals surface area contributed by atoms with E-state index in [0.29, 0.717) is 30.2 Å². The van der Waals surface area contributed by atoms with Crippen LogP contribution in [0.4, 0.5) is 5.69 Å². The summed E-state index contributed by atoms with van der Waals surface area (Å²) < 4.78 is 11.5. The third-order valence-electron chi connectivity index (χ3n) is 4.29. The Bertz CT molecular complexity index is 722. The van der Waals surface area contributed by atoms with Gasteiger partial charge in [-0.1, -0.05) is 18.2 Å². The molecule has 3 N–H and O–H groups in total. The second-order valence-corrected chi connectivity index (χ2v) is 6.30. The van der Waals surface area contributed by atoms with Crippen LogP contribution in [0, 0.1) is 6.92 Å². The third kappa shape index (κ3) is 4.59. The Hall–Kier alpha value is -2.37. The first kappa shape index (κ1) is 17.5. The van der Waals surface area contributed by atoms with Crippen LogP contribution < -0.4 is 15.8 Å². The number of ether oxygens (including phenoxy) is 2. The highest BCUT2D eigenvalue weighted by Gasteiger charge is 2.17. The highest BCUT2D eigenvalue weighted by Crippen LogP contribution is 2.27. The van der Waals surface area contributed by atoms with Crippen molar-refractivity contribution >= 4 is 11.6 Å². The van der Waals surface area contributed by atoms with Crippen LogP contribution in [0.2, 0.25) is 0 Å². The molecule has 1 heterocycles. The van der Waals surface area contributed by atoms with Crippen LogP contribution in [0.3, 0.4) is 0 Å². The molecule has 3 rings (SSSR count). The molecule has 0 radical (unpaired) electrons. The average Bonchev–Trinajstić information content (AvgIpc) is 3.15. The summed E-state index contributed by atoms with van der Waals surface area (Å²) in [7, 11) is 0. The van der Waals surface area contributed by atoms with E-state index in [-0.39, 0.29) is 12.0 Å². The summed E-state index contributed by atoms with van der Waals surface area (Å²) in [5.74, 6) is 0.497. The topological polar surface area (TPSA) is 73.6 Å². The SMILES string of the molecule is Cc1ccc(NC(=O)c2ccc(CN)cc2)c(OCC2CCCO2)c1. The van der Waals surface area contributed by atoms with Crippen molar-refractivity contribution < 1.29 is 14.3 Å². The van der Waals surface area contributed by atoms with Crippen molar-refractivity contribution in [3.63, 3.8) is 0 Å². The number of carbonyl (C=O) groups excluding carboxylic acids is 1. The van der Waals surface area contributed by atoms with E-state index in [4.69, 9.17) is 15.2 Å². The van der Waals surface area contributed by atoms with Gasteiger partial charge in [0.2, 0.25) is 0 Å². The molecule has 1 aliphatic rings. The van der Waals surface area contributed by atoms with E-state index in [1.54, 1.807) is 12.1 Å². The number of hydrogen-bond donors (Lipinski definition) is 2. The van der Waals surface area contributed by atoms with Crippen LogP contribution in [-0.2, 0) is 11.3 Å². The monoisotopic (exact) mass is 340 g/mol. The van der Waals surface area contributed by atoms with E-state index >= 15 is 0 Å². The van der Waals surface area contributed by atoms with E-state index in [1.165, 1.54) is 0 Å². The second-order valence-electron chi connectivity index (χ2n) is 6.30. The Kier molecular flexibility index (Phi) is 5.68. The molecule has 132 valence electrons. The van der Waals surface area contributed by atoms with Crippen LogP contribution in [0.25, 0.3) is 0 Å². The summed E-state index contributed by atoms with van der Waals surface area (Å²) in [6.45, 7) is 3.75. The first-order valence-corrected chi connectivity index (χ1v) is 8.61. The highest BCUT2D eigenvalue weighted by molar-refractivity contribution is 6.05. The number of nitrogens with one attached hydrogen (secondary N) is 1. The molecule has 1 atom stereocenters. The van der Waals surface area contributed by atoms with Crippen molar-refractivity contribution in [1.82, 2.24) is 0 Å². The first-order chi connectivity index (χ1) is 12.2. The summed E-state index contributed by atoms with van der Waals surface area (Å²) in [6, 6.07) is 13.0. The lowest BCUT2D eigenvalue weighted by Crippen LogP contribution is -2.18. The van der Waals surface area contributed by atoms with Crippen molar-refractivity contribution in [3.05, 3.63) is 59.2 Å². The molecule has 0 aromatic heterocycles. The minimum Gasteiger partial charge on any atom is -0.489 e. The van der Waals surface area contributed by atoms with Gasteiger partial charge < -0.3 is 20.5 Å². The number of benzene rings is 2. The van der Waals surface area contributed by atoms with Gasteiger partial charge >= 0.3 is 0 Å². The van der Waals surface area contributed by atoms with Crippen LogP contribution in [0.1, 0.15) is 34.3 Å². The number of carbonyl (C=O) groups is 1. The van der Waals surface area contributed by atoms with Crippen molar-refractivity contribution in [2.45, 2.75) is 32.4 Å². The molecule has 5 heteroatoms. The fourth-order valence-electron chi connectivity index (χ4n) is 2.80. The van der Waals surface area contributed by atoms with E-state index < -0.39 is 0 Å². The molecule has 0 bridgehead atoms. The van der Waals surface area contributed by atoms with Crippen LogP contribution in [0.15, 0.2) is 42.5 Å². The van der Waals surface area contributed by atoms with Crippen LogP contribution >= 0.6 is 0 Å². The van der Waals surface area contributed by atoms with Gasteiger partial charge in [0.25, 0.3) is 5.91 Å². The van der Waals surface area contributed by atoms with Crippen LogP contribution in [0.5, 0.6) is 5.75 Å². The molecule has 2 aromatic rings. The minimum absolute atomic E-state index is 0.132. The molecule has 1 aliphatic heterocycles. The number of rotatable bonds is 6. The Morgan fingerprint density at radius 2 is 2.08 bits per heavy atom. The fraction of sp³-hybridized carbons (Fsp3) is 0.350. The van der Waals surface area contributed by atoms with E-state index in [2.05, 4.69) is 5.32 Å². The van der Waals surface area contributed by atoms with Crippen molar-refractivity contribution in [2.75, 3.05) is 18.5 Å². The van der Waals surface area contributed by atoms with Gasteiger partial charge in [0.05, 0.1) is 11.8 Å².